The number of fused-ring (bicyclic) bond motifs is 1. The largest absolute Gasteiger partial charge is 0.497 e. The highest BCUT2D eigenvalue weighted by molar-refractivity contribution is 6.21. The maximum atomic E-state index is 12.2. The maximum absolute atomic E-state index is 12.2. The Hall–Kier alpha value is -3.68. The van der Waals surface area contributed by atoms with Gasteiger partial charge in [0, 0.05) is 18.3 Å². The van der Waals surface area contributed by atoms with E-state index in [0.717, 1.165) is 4.90 Å². The van der Waals surface area contributed by atoms with E-state index in [4.69, 9.17) is 9.47 Å². The third kappa shape index (κ3) is 4.17. The summed E-state index contributed by atoms with van der Waals surface area (Å²) in [6.45, 7) is -0.582. The number of carbonyl (C=O) groups is 4. The van der Waals surface area contributed by atoms with Gasteiger partial charge >= 0.3 is 5.97 Å². The van der Waals surface area contributed by atoms with E-state index < -0.39 is 30.3 Å². The van der Waals surface area contributed by atoms with Gasteiger partial charge in [-0.1, -0.05) is 18.2 Å². The van der Waals surface area contributed by atoms with Crippen LogP contribution in [0.3, 0.4) is 0 Å². The second kappa shape index (κ2) is 8.34. The Morgan fingerprint density at radius 1 is 1.00 bits per heavy atom. The van der Waals surface area contributed by atoms with Crippen molar-refractivity contribution in [2.24, 2.45) is 0 Å². The Morgan fingerprint density at radius 3 is 2.32 bits per heavy atom. The van der Waals surface area contributed by atoms with Crippen molar-refractivity contribution in [3.05, 3.63) is 59.7 Å². The molecular formula is C20H18N2O6. The predicted octanol–water partition coefficient (Wildman–Crippen LogP) is 1.86. The molecule has 28 heavy (non-hydrogen) atoms. The number of nitrogens with zero attached hydrogens (tertiary/aromatic N) is 1. The Bertz CT molecular complexity index is 905. The number of benzene rings is 2. The fraction of sp³-hybridized carbons (Fsp3) is 0.200. The number of amides is 3. The average molecular weight is 382 g/mol. The van der Waals surface area contributed by atoms with Gasteiger partial charge in [0.15, 0.2) is 6.61 Å². The number of carbonyl (C=O) groups excluding carboxylic acids is 4. The van der Waals surface area contributed by atoms with Gasteiger partial charge < -0.3 is 14.8 Å². The minimum absolute atomic E-state index is 0.108. The summed E-state index contributed by atoms with van der Waals surface area (Å²) in [7, 11) is 1.51. The van der Waals surface area contributed by atoms with Gasteiger partial charge in [-0.3, -0.25) is 24.1 Å². The molecule has 144 valence electrons. The summed E-state index contributed by atoms with van der Waals surface area (Å²) in [5.74, 6) is -1.50. The van der Waals surface area contributed by atoms with Crippen molar-refractivity contribution < 1.29 is 28.7 Å². The van der Waals surface area contributed by atoms with Crippen LogP contribution in [0.5, 0.6) is 5.75 Å². The first-order valence-corrected chi connectivity index (χ1v) is 8.54. The molecule has 0 saturated heterocycles. The van der Waals surface area contributed by atoms with Crippen LogP contribution < -0.4 is 10.1 Å². The summed E-state index contributed by atoms with van der Waals surface area (Å²) < 4.78 is 9.97. The van der Waals surface area contributed by atoms with Crippen LogP contribution in [0.1, 0.15) is 27.1 Å². The highest BCUT2D eigenvalue weighted by atomic mass is 16.5. The Kier molecular flexibility index (Phi) is 5.69. The van der Waals surface area contributed by atoms with Crippen LogP contribution in [0.15, 0.2) is 48.5 Å². The monoisotopic (exact) mass is 382 g/mol. The molecule has 0 saturated carbocycles. The highest BCUT2D eigenvalue weighted by Crippen LogP contribution is 2.22. The van der Waals surface area contributed by atoms with Crippen molar-refractivity contribution in [1.29, 1.82) is 0 Å². The van der Waals surface area contributed by atoms with Crippen LogP contribution in [0.25, 0.3) is 0 Å². The molecule has 1 heterocycles. The molecular weight excluding hydrogens is 364 g/mol. The third-order valence-corrected chi connectivity index (χ3v) is 4.14. The standard InChI is InChI=1S/C20H18N2O6/c1-27-14-6-4-5-13(11-14)21-17(23)12-28-18(24)9-10-22-19(25)15-7-2-3-8-16(15)20(22)26/h2-8,11H,9-10,12H2,1H3,(H,21,23). The van der Waals surface area contributed by atoms with Crippen LogP contribution in [0.2, 0.25) is 0 Å². The lowest BCUT2D eigenvalue weighted by atomic mass is 10.1. The van der Waals surface area contributed by atoms with E-state index in [-0.39, 0.29) is 13.0 Å². The molecule has 8 heteroatoms. The van der Waals surface area contributed by atoms with Gasteiger partial charge in [-0.25, -0.2) is 0 Å². The van der Waals surface area contributed by atoms with Crippen LogP contribution in [0.4, 0.5) is 5.69 Å². The van der Waals surface area contributed by atoms with E-state index in [9.17, 15) is 19.2 Å². The average Bonchev–Trinajstić information content (AvgIpc) is 2.95. The second-order valence-corrected chi connectivity index (χ2v) is 6.00. The molecule has 3 rings (SSSR count). The zero-order chi connectivity index (χ0) is 20.1. The summed E-state index contributed by atoms with van der Waals surface area (Å²) in [6, 6.07) is 13.2. The highest BCUT2D eigenvalue weighted by Gasteiger charge is 2.35. The van der Waals surface area contributed by atoms with Crippen molar-refractivity contribution in [1.82, 2.24) is 4.90 Å². The SMILES string of the molecule is COc1cccc(NC(=O)COC(=O)CCN2C(=O)c3ccccc3C2=O)c1. The Morgan fingerprint density at radius 2 is 1.68 bits per heavy atom. The van der Waals surface area contributed by atoms with Crippen molar-refractivity contribution >= 4 is 29.4 Å². The Balaban J connectivity index is 1.45. The molecule has 0 aromatic heterocycles. The number of nitrogens with one attached hydrogen (secondary N) is 1. The number of methoxy groups -OCH3 is 1. The first-order chi connectivity index (χ1) is 13.5. The predicted molar refractivity (Wildman–Crippen MR) is 99.0 cm³/mol. The molecule has 1 aliphatic rings. The number of hydrogen-bond donors (Lipinski definition) is 1. The zero-order valence-electron chi connectivity index (χ0n) is 15.1. The number of ether oxygens (including phenoxy) is 2. The van der Waals surface area contributed by atoms with Gasteiger partial charge in [0.25, 0.3) is 17.7 Å². The summed E-state index contributed by atoms with van der Waals surface area (Å²) in [5, 5.41) is 2.58. The molecule has 0 fully saturated rings. The second-order valence-electron chi connectivity index (χ2n) is 6.00. The molecule has 1 N–H and O–H groups in total. The van der Waals surface area contributed by atoms with Gasteiger partial charge in [-0.15, -0.1) is 0 Å². The first-order valence-electron chi connectivity index (χ1n) is 8.54. The van der Waals surface area contributed by atoms with Gasteiger partial charge in [-0.2, -0.15) is 0 Å². The van der Waals surface area contributed by atoms with E-state index >= 15 is 0 Å². The summed E-state index contributed by atoms with van der Waals surface area (Å²) in [4.78, 5) is 49.2. The van der Waals surface area contributed by atoms with E-state index in [0.29, 0.717) is 22.6 Å². The van der Waals surface area contributed by atoms with Crippen LogP contribution in [0, 0.1) is 0 Å². The number of esters is 1. The summed E-state index contributed by atoms with van der Waals surface area (Å²) in [6.07, 6.45) is -0.197. The van der Waals surface area contributed by atoms with Gasteiger partial charge in [0.2, 0.25) is 0 Å². The van der Waals surface area contributed by atoms with Gasteiger partial charge in [-0.05, 0) is 24.3 Å². The maximum Gasteiger partial charge on any atom is 0.308 e. The zero-order valence-corrected chi connectivity index (χ0v) is 15.1. The molecule has 0 unspecified atom stereocenters. The molecule has 0 spiro atoms. The lowest BCUT2D eigenvalue weighted by molar-refractivity contribution is -0.147. The smallest absolute Gasteiger partial charge is 0.308 e. The lowest BCUT2D eigenvalue weighted by Gasteiger charge is -2.13. The molecule has 1 aliphatic heterocycles. The molecule has 0 aliphatic carbocycles. The van der Waals surface area contributed by atoms with Crippen molar-refractivity contribution in [2.45, 2.75) is 6.42 Å². The summed E-state index contributed by atoms with van der Waals surface area (Å²) in [5.41, 5.74) is 1.14. The Labute approximate surface area is 161 Å². The molecule has 0 atom stereocenters. The van der Waals surface area contributed by atoms with Crippen LogP contribution in [-0.4, -0.2) is 48.9 Å². The topological polar surface area (TPSA) is 102 Å². The van der Waals surface area contributed by atoms with Crippen molar-refractivity contribution in [2.75, 3.05) is 25.6 Å². The number of anilines is 1. The lowest BCUT2D eigenvalue weighted by Crippen LogP contribution is -2.32. The molecule has 2 aromatic carbocycles. The molecule has 3 amide bonds. The quantitative estimate of drug-likeness (QED) is 0.579. The van der Waals surface area contributed by atoms with Gasteiger partial charge in [0.1, 0.15) is 5.75 Å². The van der Waals surface area contributed by atoms with Crippen LogP contribution >= 0.6 is 0 Å². The normalized spacial score (nSPS) is 12.5. The van der Waals surface area contributed by atoms with Gasteiger partial charge in [0.05, 0.1) is 24.7 Å². The molecule has 0 radical (unpaired) electrons. The minimum atomic E-state index is -0.683. The number of hydrogen-bond acceptors (Lipinski definition) is 6. The fourth-order valence-corrected chi connectivity index (χ4v) is 2.76. The minimum Gasteiger partial charge on any atom is -0.497 e. The number of rotatable bonds is 7. The first kappa shape index (κ1) is 19.1. The van der Waals surface area contributed by atoms with Crippen molar-refractivity contribution in [3.8, 4) is 5.75 Å². The fourth-order valence-electron chi connectivity index (χ4n) is 2.76. The molecule has 2 aromatic rings. The summed E-state index contributed by atoms with van der Waals surface area (Å²) >= 11 is 0. The van der Waals surface area contributed by atoms with Crippen LogP contribution in [-0.2, 0) is 14.3 Å². The molecule has 8 nitrogen and oxygen atoms in total. The van der Waals surface area contributed by atoms with E-state index in [2.05, 4.69) is 5.32 Å². The molecule has 0 bridgehead atoms. The van der Waals surface area contributed by atoms with E-state index in [1.165, 1.54) is 7.11 Å². The third-order valence-electron chi connectivity index (χ3n) is 4.14. The van der Waals surface area contributed by atoms with E-state index in [1.807, 2.05) is 0 Å². The number of imide groups is 1. The van der Waals surface area contributed by atoms with Crippen molar-refractivity contribution in [3.63, 3.8) is 0 Å². The van der Waals surface area contributed by atoms with E-state index in [1.54, 1.807) is 48.5 Å².